The normalized spacial score (nSPS) is 30.1. The molecule has 2 heterocycles. The Morgan fingerprint density at radius 3 is 2.42 bits per heavy atom. The molecule has 1 amide bonds. The van der Waals surface area contributed by atoms with Gasteiger partial charge in [-0.05, 0) is 45.2 Å². The number of piperidine rings is 1. The van der Waals surface area contributed by atoms with Crippen LogP contribution in [0.4, 0.5) is 0 Å². The maximum Gasteiger partial charge on any atom is 0.237 e. The van der Waals surface area contributed by atoms with Crippen molar-refractivity contribution in [2.45, 2.75) is 45.2 Å². The summed E-state index contributed by atoms with van der Waals surface area (Å²) < 4.78 is 22.7. The number of hydrogen-bond donors (Lipinski definition) is 1. The van der Waals surface area contributed by atoms with Gasteiger partial charge in [0, 0.05) is 6.04 Å². The van der Waals surface area contributed by atoms with E-state index in [0.29, 0.717) is 6.42 Å². The molecule has 0 aromatic heterocycles. The van der Waals surface area contributed by atoms with Crippen molar-refractivity contribution in [3.63, 3.8) is 0 Å². The number of nitrogens with zero attached hydrogens (tertiary/aromatic N) is 1. The molecular weight excluding hydrogens is 264 g/mol. The van der Waals surface area contributed by atoms with Gasteiger partial charge in [-0.1, -0.05) is 6.92 Å². The van der Waals surface area contributed by atoms with E-state index in [-0.39, 0.29) is 29.5 Å². The Hall–Kier alpha value is -0.620. The molecule has 6 heteroatoms. The first-order valence-electron chi connectivity index (χ1n) is 7.12. The molecule has 0 bridgehead atoms. The minimum atomic E-state index is -2.93. The molecule has 0 saturated carbocycles. The van der Waals surface area contributed by atoms with Crippen molar-refractivity contribution < 1.29 is 13.2 Å². The Morgan fingerprint density at radius 2 is 1.89 bits per heavy atom. The molecule has 0 aromatic rings. The molecule has 1 N–H and O–H groups in total. The topological polar surface area (TPSA) is 66.5 Å². The van der Waals surface area contributed by atoms with E-state index in [2.05, 4.69) is 17.1 Å². The average molecular weight is 288 g/mol. The zero-order chi connectivity index (χ0) is 14.0. The van der Waals surface area contributed by atoms with E-state index < -0.39 is 9.84 Å². The first kappa shape index (κ1) is 14.8. The third-order valence-corrected chi connectivity index (χ3v) is 6.09. The summed E-state index contributed by atoms with van der Waals surface area (Å²) >= 11 is 0. The van der Waals surface area contributed by atoms with Gasteiger partial charge in [0.05, 0.1) is 17.5 Å². The van der Waals surface area contributed by atoms with E-state index in [1.807, 2.05) is 6.92 Å². The molecule has 2 aliphatic heterocycles. The van der Waals surface area contributed by atoms with Gasteiger partial charge in [-0.25, -0.2) is 8.42 Å². The molecule has 5 nitrogen and oxygen atoms in total. The second kappa shape index (κ2) is 5.79. The van der Waals surface area contributed by atoms with Gasteiger partial charge in [-0.2, -0.15) is 0 Å². The van der Waals surface area contributed by atoms with Crippen molar-refractivity contribution in [1.82, 2.24) is 10.2 Å². The van der Waals surface area contributed by atoms with Gasteiger partial charge in [0.15, 0.2) is 9.84 Å². The number of nitrogens with one attached hydrogen (secondary N) is 1. The van der Waals surface area contributed by atoms with Gasteiger partial charge in [-0.15, -0.1) is 0 Å². The fourth-order valence-electron chi connectivity index (χ4n) is 2.81. The molecular formula is C13H24N2O3S. The van der Waals surface area contributed by atoms with Gasteiger partial charge in [0.25, 0.3) is 0 Å². The van der Waals surface area contributed by atoms with Crippen molar-refractivity contribution in [3.05, 3.63) is 0 Å². The van der Waals surface area contributed by atoms with Crippen LogP contribution >= 0.6 is 0 Å². The summed E-state index contributed by atoms with van der Waals surface area (Å²) in [6.07, 6.45) is 2.82. The van der Waals surface area contributed by atoms with E-state index in [1.165, 1.54) is 0 Å². The number of carbonyl (C=O) groups excluding carboxylic acids is 1. The van der Waals surface area contributed by atoms with Crippen molar-refractivity contribution in [3.8, 4) is 0 Å². The van der Waals surface area contributed by atoms with Crippen molar-refractivity contribution in [1.29, 1.82) is 0 Å². The zero-order valence-electron chi connectivity index (χ0n) is 11.8. The van der Waals surface area contributed by atoms with Gasteiger partial charge < -0.3 is 5.32 Å². The van der Waals surface area contributed by atoms with E-state index >= 15 is 0 Å². The highest BCUT2D eigenvalue weighted by molar-refractivity contribution is 7.91. The molecule has 0 aromatic carbocycles. The van der Waals surface area contributed by atoms with Gasteiger partial charge >= 0.3 is 0 Å². The van der Waals surface area contributed by atoms with Gasteiger partial charge in [-0.3, -0.25) is 9.69 Å². The monoisotopic (exact) mass is 288 g/mol. The molecule has 0 spiro atoms. The summed E-state index contributed by atoms with van der Waals surface area (Å²) in [4.78, 5) is 14.3. The van der Waals surface area contributed by atoms with Gasteiger partial charge in [0.1, 0.15) is 0 Å². The maximum absolute atomic E-state index is 12.1. The fraction of sp³-hybridized carbons (Fsp3) is 0.923. The largest absolute Gasteiger partial charge is 0.351 e. The smallest absolute Gasteiger partial charge is 0.237 e. The molecule has 110 valence electrons. The minimum absolute atomic E-state index is 0.0309. The third-order valence-electron chi connectivity index (χ3n) is 4.32. The lowest BCUT2D eigenvalue weighted by Crippen LogP contribution is -2.50. The quantitative estimate of drug-likeness (QED) is 0.817. The predicted molar refractivity (Wildman–Crippen MR) is 74.6 cm³/mol. The van der Waals surface area contributed by atoms with Crippen molar-refractivity contribution in [2.24, 2.45) is 5.92 Å². The van der Waals surface area contributed by atoms with Gasteiger partial charge in [0.2, 0.25) is 5.91 Å². The Bertz CT molecular complexity index is 427. The first-order valence-corrected chi connectivity index (χ1v) is 8.94. The number of rotatable bonds is 3. The van der Waals surface area contributed by atoms with Crippen LogP contribution < -0.4 is 5.32 Å². The number of amides is 1. The van der Waals surface area contributed by atoms with Crippen LogP contribution in [-0.2, 0) is 14.6 Å². The molecule has 2 atom stereocenters. The molecule has 0 radical (unpaired) electrons. The summed E-state index contributed by atoms with van der Waals surface area (Å²) in [6, 6.07) is -0.348. The summed E-state index contributed by atoms with van der Waals surface area (Å²) in [5.41, 5.74) is 0. The third kappa shape index (κ3) is 3.92. The molecule has 2 aliphatic rings. The minimum Gasteiger partial charge on any atom is -0.351 e. The van der Waals surface area contributed by atoms with E-state index in [0.717, 1.165) is 31.8 Å². The van der Waals surface area contributed by atoms with E-state index in [1.54, 1.807) is 0 Å². The first-order chi connectivity index (χ1) is 8.87. The predicted octanol–water partition coefficient (Wildman–Crippen LogP) is 0.410. The Balaban J connectivity index is 1.83. The summed E-state index contributed by atoms with van der Waals surface area (Å²) in [6.45, 7) is 6.07. The maximum atomic E-state index is 12.1. The number of carbonyl (C=O) groups is 1. The number of sulfone groups is 1. The highest BCUT2D eigenvalue weighted by atomic mass is 32.2. The summed E-state index contributed by atoms with van der Waals surface area (Å²) in [7, 11) is -2.93. The summed E-state index contributed by atoms with van der Waals surface area (Å²) in [5.74, 6) is 1.01. The number of likely N-dealkylation sites (tertiary alicyclic amines) is 1. The molecule has 19 heavy (non-hydrogen) atoms. The van der Waals surface area contributed by atoms with Crippen LogP contribution in [0.25, 0.3) is 0 Å². The second-order valence-electron chi connectivity index (χ2n) is 6.00. The van der Waals surface area contributed by atoms with Crippen LogP contribution in [0.5, 0.6) is 0 Å². The van der Waals surface area contributed by atoms with Crippen LogP contribution in [0.15, 0.2) is 0 Å². The van der Waals surface area contributed by atoms with Crippen LogP contribution in [0, 0.1) is 5.92 Å². The molecule has 0 aliphatic carbocycles. The van der Waals surface area contributed by atoms with E-state index in [9.17, 15) is 13.2 Å². The lowest BCUT2D eigenvalue weighted by molar-refractivity contribution is -0.127. The second-order valence-corrected chi connectivity index (χ2v) is 8.23. The SMILES string of the molecule is CC1CCN([C@H](C)C(=O)N[C@H]2CCS(=O)(=O)C2)CC1. The Morgan fingerprint density at radius 1 is 1.26 bits per heavy atom. The fourth-order valence-corrected chi connectivity index (χ4v) is 4.49. The molecule has 0 unspecified atom stereocenters. The zero-order valence-corrected chi connectivity index (χ0v) is 12.6. The van der Waals surface area contributed by atoms with Crippen LogP contribution in [0.3, 0.4) is 0 Å². The highest BCUT2D eigenvalue weighted by Gasteiger charge is 2.31. The molecule has 2 fully saturated rings. The average Bonchev–Trinajstić information content (AvgIpc) is 2.68. The van der Waals surface area contributed by atoms with Crippen molar-refractivity contribution in [2.75, 3.05) is 24.6 Å². The van der Waals surface area contributed by atoms with E-state index in [4.69, 9.17) is 0 Å². The molecule has 2 rings (SSSR count). The van der Waals surface area contributed by atoms with Crippen molar-refractivity contribution >= 4 is 15.7 Å². The van der Waals surface area contributed by atoms with Crippen LogP contribution in [-0.4, -0.2) is 55.9 Å². The van der Waals surface area contributed by atoms with Crippen LogP contribution in [0.2, 0.25) is 0 Å². The standard InChI is InChI=1S/C13H24N2O3S/c1-10-3-6-15(7-4-10)11(2)13(16)14-12-5-8-19(17,18)9-12/h10-12H,3-9H2,1-2H3,(H,14,16)/t11-,12+/m1/s1. The Kier molecular flexibility index (Phi) is 4.50. The summed E-state index contributed by atoms with van der Waals surface area (Å²) in [5, 5.41) is 2.88. The molecule has 2 saturated heterocycles. The highest BCUT2D eigenvalue weighted by Crippen LogP contribution is 2.18. The lowest BCUT2D eigenvalue weighted by atomic mass is 9.98. The lowest BCUT2D eigenvalue weighted by Gasteiger charge is -2.34. The number of hydrogen-bond acceptors (Lipinski definition) is 4. The van der Waals surface area contributed by atoms with Crippen LogP contribution in [0.1, 0.15) is 33.1 Å². The Labute approximate surface area is 115 Å².